The number of anilines is 1. The van der Waals surface area contributed by atoms with E-state index in [9.17, 15) is 13.2 Å². The second-order valence-electron chi connectivity index (χ2n) is 3.39. The third-order valence-electron chi connectivity index (χ3n) is 2.06. The topological polar surface area (TPSA) is 61.0 Å². The lowest BCUT2D eigenvalue weighted by molar-refractivity contribution is -0.141. The number of nitrogen functional groups attached to an aromatic ring is 1. The smallest absolute Gasteiger partial charge is 0.435 e. The van der Waals surface area contributed by atoms with Crippen LogP contribution in [0.25, 0.3) is 0 Å². The van der Waals surface area contributed by atoms with E-state index in [1.165, 1.54) is 0 Å². The molecule has 0 saturated heterocycles. The van der Waals surface area contributed by atoms with Crippen molar-refractivity contribution in [1.29, 1.82) is 0 Å². The summed E-state index contributed by atoms with van der Waals surface area (Å²) in [5.41, 5.74) is 4.90. The lowest BCUT2D eigenvalue weighted by Gasteiger charge is -2.08. The molecule has 0 bridgehead atoms. The van der Waals surface area contributed by atoms with Crippen LogP contribution in [0, 0.1) is 0 Å². The maximum Gasteiger partial charge on any atom is 0.435 e. The Kier molecular flexibility index (Phi) is 3.05. The Morgan fingerprint density at radius 3 is 2.28 bits per heavy atom. The fourth-order valence-corrected chi connectivity index (χ4v) is 1.21. The first-order valence-electron chi connectivity index (χ1n) is 4.90. The monoisotopic (exact) mass is 255 g/mol. The van der Waals surface area contributed by atoms with E-state index in [2.05, 4.69) is 10.2 Å². The van der Waals surface area contributed by atoms with Crippen LogP contribution in [0.2, 0.25) is 0 Å². The molecular weight excluding hydrogens is 247 g/mol. The number of benzene rings is 1. The Balaban J connectivity index is 2.19. The summed E-state index contributed by atoms with van der Waals surface area (Å²) in [6, 6.07) is 8.45. The molecule has 4 nitrogen and oxygen atoms in total. The number of hydrogen-bond acceptors (Lipinski definition) is 4. The van der Waals surface area contributed by atoms with Gasteiger partial charge in [0.05, 0.1) is 5.69 Å². The summed E-state index contributed by atoms with van der Waals surface area (Å²) in [7, 11) is 0. The molecule has 0 atom stereocenters. The van der Waals surface area contributed by atoms with Crippen molar-refractivity contribution in [3.63, 3.8) is 0 Å². The van der Waals surface area contributed by atoms with E-state index in [1.54, 1.807) is 24.3 Å². The molecule has 1 aromatic carbocycles. The van der Waals surface area contributed by atoms with Crippen LogP contribution in [-0.2, 0) is 6.18 Å². The summed E-state index contributed by atoms with van der Waals surface area (Å²) < 4.78 is 42.0. The van der Waals surface area contributed by atoms with Crippen LogP contribution < -0.4 is 10.5 Å². The molecule has 0 aliphatic carbocycles. The Bertz CT molecular complexity index is 540. The summed E-state index contributed by atoms with van der Waals surface area (Å²) in [5.74, 6) is 0.257. The Morgan fingerprint density at radius 1 is 1.00 bits per heavy atom. The molecule has 0 unspecified atom stereocenters. The lowest BCUT2D eigenvalue weighted by Crippen LogP contribution is -2.08. The van der Waals surface area contributed by atoms with E-state index in [0.29, 0.717) is 11.4 Å². The first-order chi connectivity index (χ1) is 8.47. The van der Waals surface area contributed by atoms with Crippen molar-refractivity contribution in [1.82, 2.24) is 10.2 Å². The number of alkyl halides is 3. The van der Waals surface area contributed by atoms with Crippen molar-refractivity contribution in [2.45, 2.75) is 6.18 Å². The average Bonchev–Trinajstić information content (AvgIpc) is 2.32. The summed E-state index contributed by atoms with van der Waals surface area (Å²) in [5, 5.41) is 6.37. The van der Waals surface area contributed by atoms with Gasteiger partial charge in [0.15, 0.2) is 11.4 Å². The zero-order valence-corrected chi connectivity index (χ0v) is 8.98. The maximum atomic E-state index is 12.2. The van der Waals surface area contributed by atoms with Gasteiger partial charge in [-0.25, -0.2) is 0 Å². The van der Waals surface area contributed by atoms with Crippen LogP contribution in [0.5, 0.6) is 11.6 Å². The number of aromatic nitrogens is 2. The fourth-order valence-electron chi connectivity index (χ4n) is 1.21. The molecule has 18 heavy (non-hydrogen) atoms. The van der Waals surface area contributed by atoms with Crippen LogP contribution in [0.4, 0.5) is 18.9 Å². The molecular formula is C11H8F3N3O. The molecule has 0 aliphatic heterocycles. The Hall–Kier alpha value is -2.31. The van der Waals surface area contributed by atoms with E-state index in [1.807, 2.05) is 0 Å². The van der Waals surface area contributed by atoms with Crippen molar-refractivity contribution in [3.05, 3.63) is 42.1 Å². The number of ether oxygens (including phenoxy) is 1. The van der Waals surface area contributed by atoms with Gasteiger partial charge in [0, 0.05) is 6.07 Å². The second kappa shape index (κ2) is 4.52. The van der Waals surface area contributed by atoms with Crippen LogP contribution in [0.3, 0.4) is 0 Å². The average molecular weight is 255 g/mol. The number of para-hydroxylation sites is 2. The summed E-state index contributed by atoms with van der Waals surface area (Å²) in [6.45, 7) is 0. The first kappa shape index (κ1) is 12.2. The molecule has 0 radical (unpaired) electrons. The van der Waals surface area contributed by atoms with Crippen molar-refractivity contribution in [2.24, 2.45) is 0 Å². The zero-order chi connectivity index (χ0) is 13.2. The summed E-state index contributed by atoms with van der Waals surface area (Å²) in [6.07, 6.45) is -4.52. The number of nitrogens with zero attached hydrogens (tertiary/aromatic N) is 2. The zero-order valence-electron chi connectivity index (χ0n) is 8.98. The predicted molar refractivity (Wildman–Crippen MR) is 58.0 cm³/mol. The van der Waals surface area contributed by atoms with E-state index in [-0.39, 0.29) is 5.88 Å². The van der Waals surface area contributed by atoms with E-state index in [0.717, 1.165) is 12.1 Å². The van der Waals surface area contributed by atoms with Crippen molar-refractivity contribution >= 4 is 5.69 Å². The molecule has 0 aliphatic rings. The van der Waals surface area contributed by atoms with Crippen LogP contribution in [-0.4, -0.2) is 10.2 Å². The third kappa shape index (κ3) is 2.68. The second-order valence-corrected chi connectivity index (χ2v) is 3.39. The molecule has 0 spiro atoms. The minimum atomic E-state index is -4.52. The molecule has 1 heterocycles. The van der Waals surface area contributed by atoms with Gasteiger partial charge in [-0.2, -0.15) is 13.2 Å². The molecule has 1 aromatic heterocycles. The van der Waals surface area contributed by atoms with Crippen LogP contribution >= 0.6 is 0 Å². The standard InChI is InChI=1S/C11H8F3N3O/c12-11(13,14)9-5-6-10(17-16-9)18-8-4-2-1-3-7(8)15/h1-6H,15H2. The first-order valence-corrected chi connectivity index (χ1v) is 4.90. The van der Waals surface area contributed by atoms with Gasteiger partial charge in [-0.3, -0.25) is 0 Å². The van der Waals surface area contributed by atoms with Crippen molar-refractivity contribution in [2.75, 3.05) is 5.73 Å². The van der Waals surface area contributed by atoms with Crippen molar-refractivity contribution < 1.29 is 17.9 Å². The Morgan fingerprint density at radius 2 is 1.72 bits per heavy atom. The number of hydrogen-bond donors (Lipinski definition) is 1. The van der Waals surface area contributed by atoms with E-state index >= 15 is 0 Å². The molecule has 0 saturated carbocycles. The van der Waals surface area contributed by atoms with Crippen LogP contribution in [0.15, 0.2) is 36.4 Å². The predicted octanol–water partition coefficient (Wildman–Crippen LogP) is 2.87. The molecule has 0 amide bonds. The van der Waals surface area contributed by atoms with Gasteiger partial charge in [0.2, 0.25) is 5.88 Å². The third-order valence-corrected chi connectivity index (χ3v) is 2.06. The maximum absolute atomic E-state index is 12.2. The Labute approximate surface area is 100 Å². The highest BCUT2D eigenvalue weighted by atomic mass is 19.4. The summed E-state index contributed by atoms with van der Waals surface area (Å²) in [4.78, 5) is 0. The van der Waals surface area contributed by atoms with Gasteiger partial charge in [-0.15, -0.1) is 10.2 Å². The largest absolute Gasteiger partial charge is 0.435 e. The SMILES string of the molecule is Nc1ccccc1Oc1ccc(C(F)(F)F)nn1. The highest BCUT2D eigenvalue weighted by Gasteiger charge is 2.32. The van der Waals surface area contributed by atoms with Crippen LogP contribution in [0.1, 0.15) is 5.69 Å². The number of halogens is 3. The van der Waals surface area contributed by atoms with Gasteiger partial charge in [-0.05, 0) is 18.2 Å². The van der Waals surface area contributed by atoms with Gasteiger partial charge in [0.1, 0.15) is 0 Å². The molecule has 0 fully saturated rings. The number of rotatable bonds is 2. The fraction of sp³-hybridized carbons (Fsp3) is 0.0909. The normalized spacial score (nSPS) is 11.3. The van der Waals surface area contributed by atoms with Crippen molar-refractivity contribution in [3.8, 4) is 11.6 Å². The van der Waals surface area contributed by atoms with Gasteiger partial charge >= 0.3 is 6.18 Å². The minimum Gasteiger partial charge on any atom is -0.435 e. The molecule has 94 valence electrons. The van der Waals surface area contributed by atoms with Gasteiger partial charge in [0.25, 0.3) is 0 Å². The highest BCUT2D eigenvalue weighted by Crippen LogP contribution is 2.29. The number of nitrogens with two attached hydrogens (primary N) is 1. The molecule has 2 aromatic rings. The molecule has 7 heteroatoms. The van der Waals surface area contributed by atoms with Gasteiger partial charge in [-0.1, -0.05) is 12.1 Å². The minimum absolute atomic E-state index is 0.0547. The molecule has 2 N–H and O–H groups in total. The van der Waals surface area contributed by atoms with E-state index < -0.39 is 11.9 Å². The lowest BCUT2D eigenvalue weighted by atomic mass is 10.3. The molecule has 2 rings (SSSR count). The summed E-state index contributed by atoms with van der Waals surface area (Å²) >= 11 is 0. The van der Waals surface area contributed by atoms with Gasteiger partial charge < -0.3 is 10.5 Å². The van der Waals surface area contributed by atoms with E-state index in [4.69, 9.17) is 10.5 Å². The highest BCUT2D eigenvalue weighted by molar-refractivity contribution is 5.52. The quantitative estimate of drug-likeness (QED) is 0.838.